The third-order valence-electron chi connectivity index (χ3n) is 3.73. The molecule has 0 heterocycles. The Hall–Kier alpha value is -1.57. The molecule has 2 rings (SSSR count). The highest BCUT2D eigenvalue weighted by molar-refractivity contribution is 5.20. The zero-order chi connectivity index (χ0) is 15.0. The minimum absolute atomic E-state index is 0.434. The maximum Gasteiger partial charge on any atom is 0.133 e. The molecule has 21 heavy (non-hydrogen) atoms. The van der Waals surface area contributed by atoms with Crippen LogP contribution in [0.3, 0.4) is 0 Å². The van der Waals surface area contributed by atoms with E-state index in [9.17, 15) is 5.26 Å². The Morgan fingerprint density at radius 3 is 2.67 bits per heavy atom. The van der Waals surface area contributed by atoms with E-state index in [4.69, 9.17) is 9.47 Å². The van der Waals surface area contributed by atoms with Crippen molar-refractivity contribution >= 4 is 0 Å². The summed E-state index contributed by atoms with van der Waals surface area (Å²) in [6.07, 6.45) is 3.26. The molecular formula is C17H24N2O2. The van der Waals surface area contributed by atoms with Gasteiger partial charge >= 0.3 is 0 Å². The van der Waals surface area contributed by atoms with Gasteiger partial charge in [0, 0.05) is 0 Å². The minimum Gasteiger partial charge on any atom is -0.491 e. The second-order valence-electron chi connectivity index (χ2n) is 5.50. The van der Waals surface area contributed by atoms with Crippen LogP contribution in [0.25, 0.3) is 0 Å². The molecule has 4 heteroatoms. The van der Waals surface area contributed by atoms with Crippen molar-refractivity contribution in [3.63, 3.8) is 0 Å². The molecule has 0 aliphatic heterocycles. The second-order valence-corrected chi connectivity index (χ2v) is 5.50. The number of ether oxygens (including phenoxy) is 2. The molecule has 0 saturated heterocycles. The molecule has 0 aromatic heterocycles. The van der Waals surface area contributed by atoms with Gasteiger partial charge in [-0.15, -0.1) is 0 Å². The Kier molecular flexibility index (Phi) is 6.04. The molecule has 0 amide bonds. The lowest BCUT2D eigenvalue weighted by Crippen LogP contribution is -2.50. The van der Waals surface area contributed by atoms with Gasteiger partial charge in [-0.1, -0.05) is 25.1 Å². The van der Waals surface area contributed by atoms with Crippen LogP contribution in [0, 0.1) is 17.2 Å². The molecule has 1 aromatic carbocycles. The number of hydrogen-bond donors (Lipinski definition) is 1. The molecule has 4 nitrogen and oxygen atoms in total. The van der Waals surface area contributed by atoms with Gasteiger partial charge in [0.15, 0.2) is 0 Å². The summed E-state index contributed by atoms with van der Waals surface area (Å²) in [5, 5.41) is 12.9. The molecule has 1 atom stereocenters. The SMILES string of the molecule is CCCNC(C#N)(COCCOc1ccccc1)C1CC1. The van der Waals surface area contributed by atoms with E-state index in [2.05, 4.69) is 18.3 Å². The first-order valence-electron chi connectivity index (χ1n) is 7.72. The molecule has 1 saturated carbocycles. The summed E-state index contributed by atoms with van der Waals surface area (Å²) in [4.78, 5) is 0. The van der Waals surface area contributed by atoms with Crippen LogP contribution < -0.4 is 10.1 Å². The number of hydrogen-bond acceptors (Lipinski definition) is 4. The van der Waals surface area contributed by atoms with Gasteiger partial charge < -0.3 is 9.47 Å². The molecular weight excluding hydrogens is 264 g/mol. The monoisotopic (exact) mass is 288 g/mol. The van der Waals surface area contributed by atoms with Gasteiger partial charge in [-0.05, 0) is 43.9 Å². The van der Waals surface area contributed by atoms with Crippen molar-refractivity contribution in [1.29, 1.82) is 5.26 Å². The second kappa shape index (κ2) is 8.02. The number of nitrogens with zero attached hydrogens (tertiary/aromatic N) is 1. The van der Waals surface area contributed by atoms with E-state index in [-0.39, 0.29) is 0 Å². The largest absolute Gasteiger partial charge is 0.491 e. The Bertz CT molecular complexity index is 454. The first-order valence-corrected chi connectivity index (χ1v) is 7.72. The van der Waals surface area contributed by atoms with Gasteiger partial charge in [0.2, 0.25) is 0 Å². The highest BCUT2D eigenvalue weighted by Crippen LogP contribution is 2.39. The van der Waals surface area contributed by atoms with Crippen LogP contribution in [0.5, 0.6) is 5.75 Å². The summed E-state index contributed by atoms with van der Waals surface area (Å²) in [6, 6.07) is 12.1. The van der Waals surface area contributed by atoms with Crippen molar-refractivity contribution in [3.05, 3.63) is 30.3 Å². The predicted octanol–water partition coefficient (Wildman–Crippen LogP) is 2.75. The number of nitriles is 1. The van der Waals surface area contributed by atoms with Gasteiger partial charge in [-0.25, -0.2) is 0 Å². The standard InChI is InChI=1S/C17H24N2O2/c1-2-10-19-17(13-18,15-8-9-15)14-20-11-12-21-16-6-4-3-5-7-16/h3-7,15,19H,2,8-12,14H2,1H3. The molecule has 1 unspecified atom stereocenters. The molecule has 114 valence electrons. The first-order chi connectivity index (χ1) is 10.3. The lowest BCUT2D eigenvalue weighted by Gasteiger charge is -2.27. The Labute approximate surface area is 127 Å². The smallest absolute Gasteiger partial charge is 0.133 e. The van der Waals surface area contributed by atoms with Crippen LogP contribution in [0.2, 0.25) is 0 Å². The quantitative estimate of drug-likeness (QED) is 0.673. The fraction of sp³-hybridized carbons (Fsp3) is 0.588. The Morgan fingerprint density at radius 2 is 2.05 bits per heavy atom. The number of nitrogens with one attached hydrogen (secondary N) is 1. The van der Waals surface area contributed by atoms with Gasteiger partial charge in [-0.2, -0.15) is 5.26 Å². The van der Waals surface area contributed by atoms with E-state index in [0.717, 1.165) is 31.6 Å². The lowest BCUT2D eigenvalue weighted by atomic mass is 9.96. The molecule has 1 N–H and O–H groups in total. The van der Waals surface area contributed by atoms with Gasteiger partial charge in [0.25, 0.3) is 0 Å². The van der Waals surface area contributed by atoms with Crippen molar-refractivity contribution in [2.24, 2.45) is 5.92 Å². The highest BCUT2D eigenvalue weighted by atomic mass is 16.5. The molecule has 0 spiro atoms. The minimum atomic E-state index is -0.511. The third-order valence-corrected chi connectivity index (χ3v) is 3.73. The van der Waals surface area contributed by atoms with Gasteiger partial charge in [0.1, 0.15) is 17.9 Å². The lowest BCUT2D eigenvalue weighted by molar-refractivity contribution is 0.0600. The topological polar surface area (TPSA) is 54.3 Å². The average Bonchev–Trinajstić information content (AvgIpc) is 3.37. The Morgan fingerprint density at radius 1 is 1.29 bits per heavy atom. The molecule has 1 aliphatic rings. The summed E-state index contributed by atoms with van der Waals surface area (Å²) in [7, 11) is 0. The zero-order valence-electron chi connectivity index (χ0n) is 12.7. The van der Waals surface area contributed by atoms with E-state index in [1.807, 2.05) is 30.3 Å². The summed E-state index contributed by atoms with van der Waals surface area (Å²) < 4.78 is 11.3. The average molecular weight is 288 g/mol. The summed E-state index contributed by atoms with van der Waals surface area (Å²) in [6.45, 7) is 4.40. The maximum atomic E-state index is 9.52. The number of rotatable bonds is 10. The molecule has 0 radical (unpaired) electrons. The van der Waals surface area contributed by atoms with Crippen molar-refractivity contribution in [2.75, 3.05) is 26.4 Å². The zero-order valence-corrected chi connectivity index (χ0v) is 12.7. The first kappa shape index (κ1) is 15.8. The summed E-state index contributed by atoms with van der Waals surface area (Å²) in [5.74, 6) is 1.28. The fourth-order valence-electron chi connectivity index (χ4n) is 2.37. The molecule has 1 fully saturated rings. The van der Waals surface area contributed by atoms with E-state index >= 15 is 0 Å². The van der Waals surface area contributed by atoms with Crippen LogP contribution in [0.4, 0.5) is 0 Å². The van der Waals surface area contributed by atoms with E-state index in [0.29, 0.717) is 25.7 Å². The molecule has 1 aliphatic carbocycles. The van der Waals surface area contributed by atoms with Gasteiger partial charge in [0.05, 0.1) is 19.3 Å². The van der Waals surface area contributed by atoms with E-state index < -0.39 is 5.54 Å². The van der Waals surface area contributed by atoms with Crippen LogP contribution >= 0.6 is 0 Å². The van der Waals surface area contributed by atoms with E-state index in [1.165, 1.54) is 0 Å². The van der Waals surface area contributed by atoms with Crippen LogP contribution in [-0.4, -0.2) is 31.9 Å². The van der Waals surface area contributed by atoms with Crippen LogP contribution in [0.1, 0.15) is 26.2 Å². The normalized spacial score (nSPS) is 17.0. The number of para-hydroxylation sites is 1. The predicted molar refractivity (Wildman–Crippen MR) is 82.1 cm³/mol. The van der Waals surface area contributed by atoms with Crippen LogP contribution in [0.15, 0.2) is 30.3 Å². The molecule has 0 bridgehead atoms. The van der Waals surface area contributed by atoms with Crippen LogP contribution in [-0.2, 0) is 4.74 Å². The fourth-order valence-corrected chi connectivity index (χ4v) is 2.37. The van der Waals surface area contributed by atoms with E-state index in [1.54, 1.807) is 0 Å². The third kappa shape index (κ3) is 4.73. The summed E-state index contributed by atoms with van der Waals surface area (Å²) >= 11 is 0. The number of benzene rings is 1. The highest BCUT2D eigenvalue weighted by Gasteiger charge is 2.45. The van der Waals surface area contributed by atoms with Crippen molar-refractivity contribution < 1.29 is 9.47 Å². The van der Waals surface area contributed by atoms with Crippen molar-refractivity contribution in [3.8, 4) is 11.8 Å². The Balaban J connectivity index is 1.71. The molecule has 1 aromatic rings. The maximum absolute atomic E-state index is 9.52. The van der Waals surface area contributed by atoms with Crippen molar-refractivity contribution in [1.82, 2.24) is 5.32 Å². The van der Waals surface area contributed by atoms with Crippen molar-refractivity contribution in [2.45, 2.75) is 31.7 Å². The van der Waals surface area contributed by atoms with Gasteiger partial charge in [-0.3, -0.25) is 5.32 Å². The summed E-state index contributed by atoms with van der Waals surface area (Å²) in [5.41, 5.74) is -0.511.